The van der Waals surface area contributed by atoms with Crippen molar-refractivity contribution in [2.24, 2.45) is 0 Å². The van der Waals surface area contributed by atoms with Crippen LogP contribution in [-0.4, -0.2) is 29.3 Å². The molecule has 0 fully saturated rings. The molecule has 0 aliphatic rings. The van der Waals surface area contributed by atoms with Crippen LogP contribution in [0.2, 0.25) is 0 Å². The average Bonchev–Trinajstić information content (AvgIpc) is 3.34. The van der Waals surface area contributed by atoms with Crippen molar-refractivity contribution < 1.29 is 4.52 Å². The highest BCUT2D eigenvalue weighted by atomic mass is 32.2. The molecule has 0 aliphatic heterocycles. The summed E-state index contributed by atoms with van der Waals surface area (Å²) in [5.74, 6) is 2.02. The first-order valence-corrected chi connectivity index (χ1v) is 9.98. The molecule has 0 aliphatic carbocycles. The number of nitrogens with zero attached hydrogens (tertiary/aromatic N) is 6. The zero-order valence-electron chi connectivity index (χ0n) is 15.7. The molecule has 5 aromatic rings. The minimum absolute atomic E-state index is 0.131. The molecule has 144 valence electrons. The van der Waals surface area contributed by atoms with Crippen molar-refractivity contribution in [3.8, 4) is 5.69 Å². The van der Waals surface area contributed by atoms with Gasteiger partial charge < -0.3 is 4.52 Å². The predicted molar refractivity (Wildman–Crippen MR) is 109 cm³/mol. The fourth-order valence-electron chi connectivity index (χ4n) is 3.22. The van der Waals surface area contributed by atoms with Crippen LogP contribution in [0.3, 0.4) is 0 Å². The van der Waals surface area contributed by atoms with Gasteiger partial charge in [-0.3, -0.25) is 9.20 Å². The van der Waals surface area contributed by atoms with Crippen molar-refractivity contribution in [1.29, 1.82) is 0 Å². The number of thioether (sulfide) groups is 1. The van der Waals surface area contributed by atoms with E-state index in [1.54, 1.807) is 11.5 Å². The standard InChI is InChI=1S/C20H16N6O2S/c1-12-7-9-14(10-8-12)25-18(27)15-5-3-4-6-16(15)26-19(25)22-23-20(26)29-11-17-21-13(2)24-28-17/h3-10H,11H2,1-2H3. The molecule has 9 heteroatoms. The van der Waals surface area contributed by atoms with Gasteiger partial charge in [0.2, 0.25) is 11.7 Å². The van der Waals surface area contributed by atoms with Gasteiger partial charge in [-0.15, -0.1) is 10.2 Å². The topological polar surface area (TPSA) is 91.1 Å². The van der Waals surface area contributed by atoms with E-state index in [9.17, 15) is 4.79 Å². The number of benzene rings is 2. The number of aryl methyl sites for hydroxylation is 2. The molecule has 0 saturated heterocycles. The molecule has 0 bridgehead atoms. The van der Waals surface area contributed by atoms with E-state index in [4.69, 9.17) is 4.52 Å². The van der Waals surface area contributed by atoms with Gasteiger partial charge in [-0.1, -0.05) is 46.7 Å². The van der Waals surface area contributed by atoms with E-state index in [0.29, 0.717) is 33.8 Å². The minimum atomic E-state index is -0.131. The van der Waals surface area contributed by atoms with Crippen molar-refractivity contribution in [3.05, 3.63) is 76.2 Å². The molecule has 29 heavy (non-hydrogen) atoms. The van der Waals surface area contributed by atoms with Gasteiger partial charge in [0, 0.05) is 0 Å². The van der Waals surface area contributed by atoms with Crippen molar-refractivity contribution >= 4 is 28.4 Å². The molecule has 0 spiro atoms. The Morgan fingerprint density at radius 3 is 2.59 bits per heavy atom. The second kappa shape index (κ2) is 6.85. The minimum Gasteiger partial charge on any atom is -0.338 e. The lowest BCUT2D eigenvalue weighted by atomic mass is 10.2. The van der Waals surface area contributed by atoms with Gasteiger partial charge in [0.1, 0.15) is 0 Å². The Hall–Kier alpha value is -3.46. The zero-order valence-corrected chi connectivity index (χ0v) is 16.6. The van der Waals surface area contributed by atoms with Crippen LogP contribution in [0.5, 0.6) is 0 Å². The molecule has 0 radical (unpaired) electrons. The molecule has 8 nitrogen and oxygen atoms in total. The van der Waals surface area contributed by atoms with Crippen LogP contribution >= 0.6 is 11.8 Å². The summed E-state index contributed by atoms with van der Waals surface area (Å²) in [5.41, 5.74) is 2.48. The summed E-state index contributed by atoms with van der Waals surface area (Å²) in [4.78, 5) is 17.5. The van der Waals surface area contributed by atoms with Crippen LogP contribution in [0.1, 0.15) is 17.3 Å². The van der Waals surface area contributed by atoms with E-state index in [1.807, 2.05) is 59.9 Å². The van der Waals surface area contributed by atoms with Crippen molar-refractivity contribution in [2.45, 2.75) is 24.8 Å². The Labute approximate surface area is 169 Å². The maximum Gasteiger partial charge on any atom is 0.267 e. The molecular weight excluding hydrogens is 388 g/mol. The van der Waals surface area contributed by atoms with E-state index in [0.717, 1.165) is 16.8 Å². The predicted octanol–water partition coefficient (Wildman–Crippen LogP) is 3.33. The third-order valence-corrected chi connectivity index (χ3v) is 5.49. The first-order valence-electron chi connectivity index (χ1n) is 9.00. The van der Waals surface area contributed by atoms with E-state index in [1.165, 1.54) is 11.8 Å². The smallest absolute Gasteiger partial charge is 0.267 e. The van der Waals surface area contributed by atoms with Crippen LogP contribution in [0.25, 0.3) is 22.4 Å². The maximum atomic E-state index is 13.3. The van der Waals surface area contributed by atoms with Crippen molar-refractivity contribution in [1.82, 2.24) is 29.3 Å². The maximum absolute atomic E-state index is 13.3. The Bertz CT molecular complexity index is 1400. The van der Waals surface area contributed by atoms with Crippen LogP contribution < -0.4 is 5.56 Å². The Kier molecular flexibility index (Phi) is 4.17. The highest BCUT2D eigenvalue weighted by molar-refractivity contribution is 7.98. The fourth-order valence-corrected chi connectivity index (χ4v) is 4.00. The van der Waals surface area contributed by atoms with E-state index in [-0.39, 0.29) is 5.56 Å². The number of rotatable bonds is 4. The van der Waals surface area contributed by atoms with Crippen LogP contribution in [0, 0.1) is 13.8 Å². The van der Waals surface area contributed by atoms with Crippen molar-refractivity contribution in [3.63, 3.8) is 0 Å². The van der Waals surface area contributed by atoms with Crippen LogP contribution in [0.15, 0.2) is 63.0 Å². The van der Waals surface area contributed by atoms with E-state index < -0.39 is 0 Å². The fraction of sp³-hybridized carbons (Fsp3) is 0.150. The molecule has 3 aromatic heterocycles. The Morgan fingerprint density at radius 2 is 1.83 bits per heavy atom. The van der Waals surface area contributed by atoms with E-state index in [2.05, 4.69) is 20.3 Å². The average molecular weight is 404 g/mol. The Morgan fingerprint density at radius 1 is 1.03 bits per heavy atom. The summed E-state index contributed by atoms with van der Waals surface area (Å²) >= 11 is 1.43. The SMILES string of the molecule is Cc1ccc(-n2c(=O)c3ccccc3n3c(SCc4nc(C)no4)nnc23)cc1. The first kappa shape index (κ1) is 17.6. The Balaban J connectivity index is 1.73. The van der Waals surface area contributed by atoms with Gasteiger partial charge in [0.25, 0.3) is 5.56 Å². The second-order valence-corrected chi connectivity index (χ2v) is 7.58. The van der Waals surface area contributed by atoms with Crippen LogP contribution in [-0.2, 0) is 5.75 Å². The molecular formula is C20H16N6O2S. The van der Waals surface area contributed by atoms with Gasteiger partial charge >= 0.3 is 0 Å². The lowest BCUT2D eigenvalue weighted by molar-refractivity contribution is 0.387. The van der Waals surface area contributed by atoms with Gasteiger partial charge in [-0.25, -0.2) is 4.57 Å². The molecule has 0 atom stereocenters. The molecule has 3 heterocycles. The summed E-state index contributed by atoms with van der Waals surface area (Å²) in [6.45, 7) is 3.78. The van der Waals surface area contributed by atoms with Gasteiger partial charge in [0.05, 0.1) is 22.3 Å². The number of hydrogen-bond donors (Lipinski definition) is 0. The number of aromatic nitrogens is 6. The number of fused-ring (bicyclic) bond motifs is 3. The summed E-state index contributed by atoms with van der Waals surface area (Å²) in [6.07, 6.45) is 0. The molecule has 2 aromatic carbocycles. The largest absolute Gasteiger partial charge is 0.338 e. The lowest BCUT2D eigenvalue weighted by Crippen LogP contribution is -2.21. The highest BCUT2D eigenvalue weighted by Crippen LogP contribution is 2.25. The zero-order chi connectivity index (χ0) is 20.0. The van der Waals surface area contributed by atoms with Gasteiger partial charge in [0.15, 0.2) is 11.0 Å². The second-order valence-electron chi connectivity index (χ2n) is 6.64. The first-order chi connectivity index (χ1) is 14.1. The van der Waals surface area contributed by atoms with Gasteiger partial charge in [-0.2, -0.15) is 4.98 Å². The van der Waals surface area contributed by atoms with E-state index >= 15 is 0 Å². The quantitative estimate of drug-likeness (QED) is 0.424. The molecule has 0 unspecified atom stereocenters. The molecule has 0 N–H and O–H groups in total. The highest BCUT2D eigenvalue weighted by Gasteiger charge is 2.18. The number of para-hydroxylation sites is 1. The van der Waals surface area contributed by atoms with Crippen LogP contribution in [0.4, 0.5) is 0 Å². The molecule has 0 amide bonds. The van der Waals surface area contributed by atoms with Gasteiger partial charge in [-0.05, 0) is 38.1 Å². The lowest BCUT2D eigenvalue weighted by Gasteiger charge is -2.11. The summed E-state index contributed by atoms with van der Waals surface area (Å²) in [7, 11) is 0. The van der Waals surface area contributed by atoms with Crippen molar-refractivity contribution in [2.75, 3.05) is 0 Å². The summed E-state index contributed by atoms with van der Waals surface area (Å²) in [6, 6.07) is 15.2. The molecule has 5 rings (SSSR count). The third-order valence-electron chi connectivity index (χ3n) is 4.58. The normalized spacial score (nSPS) is 11.5. The summed E-state index contributed by atoms with van der Waals surface area (Å²) < 4.78 is 8.68. The number of hydrogen-bond acceptors (Lipinski definition) is 7. The summed E-state index contributed by atoms with van der Waals surface area (Å²) in [5, 5.41) is 13.7. The molecule has 0 saturated carbocycles. The third kappa shape index (κ3) is 2.99. The monoisotopic (exact) mass is 404 g/mol.